The molecule has 0 aromatic heterocycles. The zero-order valence-corrected chi connectivity index (χ0v) is 13.0. The third kappa shape index (κ3) is 4.17. The third-order valence-corrected chi connectivity index (χ3v) is 4.71. The molecule has 5 heteroatoms. The van der Waals surface area contributed by atoms with Gasteiger partial charge in [0.1, 0.15) is 0 Å². The van der Waals surface area contributed by atoms with Crippen molar-refractivity contribution in [3.8, 4) is 0 Å². The smallest absolute Gasteiger partial charge is 0.237 e. The van der Waals surface area contributed by atoms with Crippen LogP contribution in [0.3, 0.4) is 0 Å². The van der Waals surface area contributed by atoms with Gasteiger partial charge in [-0.25, -0.2) is 0 Å². The molecule has 0 aromatic rings. The second-order valence-electron chi connectivity index (χ2n) is 6.48. The van der Waals surface area contributed by atoms with Gasteiger partial charge < -0.3 is 16.0 Å². The zero-order chi connectivity index (χ0) is 14.6. The Kier molecular flexibility index (Phi) is 5.41. The van der Waals surface area contributed by atoms with E-state index in [1.165, 1.54) is 25.9 Å². The Balaban J connectivity index is 1.73. The molecule has 0 spiro atoms. The molecular weight excluding hydrogens is 252 g/mol. The molecule has 2 rings (SSSR count). The molecule has 1 aliphatic carbocycles. The maximum absolute atomic E-state index is 11.7. The van der Waals surface area contributed by atoms with Crippen molar-refractivity contribution in [1.82, 2.24) is 15.1 Å². The number of nitrogens with two attached hydrogens (primary N) is 1. The van der Waals surface area contributed by atoms with Crippen LogP contribution in [0.2, 0.25) is 0 Å². The molecule has 0 bridgehead atoms. The summed E-state index contributed by atoms with van der Waals surface area (Å²) < 4.78 is 0. The number of piperazine rings is 1. The first-order valence-corrected chi connectivity index (χ1v) is 8.06. The van der Waals surface area contributed by atoms with Crippen molar-refractivity contribution in [1.29, 1.82) is 0 Å². The number of hydrogen-bond donors (Lipinski definition) is 2. The van der Waals surface area contributed by atoms with Crippen molar-refractivity contribution >= 4 is 5.91 Å². The number of nitrogens with one attached hydrogen (secondary N) is 1. The van der Waals surface area contributed by atoms with Gasteiger partial charge in [0.25, 0.3) is 0 Å². The van der Waals surface area contributed by atoms with Gasteiger partial charge in [-0.3, -0.25) is 9.69 Å². The van der Waals surface area contributed by atoms with Crippen LogP contribution in [0.15, 0.2) is 0 Å². The van der Waals surface area contributed by atoms with Gasteiger partial charge in [-0.1, -0.05) is 6.92 Å². The second-order valence-corrected chi connectivity index (χ2v) is 6.48. The van der Waals surface area contributed by atoms with Crippen LogP contribution in [0.5, 0.6) is 0 Å². The number of amides is 1. The quantitative estimate of drug-likeness (QED) is 0.676. The predicted molar refractivity (Wildman–Crippen MR) is 81.5 cm³/mol. The first kappa shape index (κ1) is 15.7. The van der Waals surface area contributed by atoms with Gasteiger partial charge in [0.05, 0.1) is 5.54 Å². The molecule has 2 fully saturated rings. The molecule has 5 nitrogen and oxygen atoms in total. The molecule has 1 aliphatic heterocycles. The summed E-state index contributed by atoms with van der Waals surface area (Å²) in [6, 6.07) is 0.874. The Morgan fingerprint density at radius 1 is 1.30 bits per heavy atom. The third-order valence-electron chi connectivity index (χ3n) is 4.71. The standard InChI is InChI=1S/C15H30N4O/c1-3-7-17-15(2,14(16)20)6-8-18-9-11-19(12-10-18)13-4-5-13/h13,17H,3-12H2,1-2H3,(H2,16,20). The highest BCUT2D eigenvalue weighted by atomic mass is 16.1. The molecule has 1 saturated carbocycles. The van der Waals surface area contributed by atoms with E-state index < -0.39 is 5.54 Å². The summed E-state index contributed by atoms with van der Waals surface area (Å²) in [7, 11) is 0. The van der Waals surface area contributed by atoms with Gasteiger partial charge in [0.2, 0.25) is 5.91 Å². The van der Waals surface area contributed by atoms with Crippen LogP contribution in [0, 0.1) is 0 Å². The van der Waals surface area contributed by atoms with Crippen molar-refractivity contribution in [2.24, 2.45) is 5.73 Å². The van der Waals surface area contributed by atoms with Crippen LogP contribution >= 0.6 is 0 Å². The Labute approximate surface area is 122 Å². The van der Waals surface area contributed by atoms with E-state index in [1.807, 2.05) is 6.92 Å². The first-order chi connectivity index (χ1) is 9.55. The summed E-state index contributed by atoms with van der Waals surface area (Å²) in [5, 5.41) is 3.31. The first-order valence-electron chi connectivity index (χ1n) is 8.06. The van der Waals surface area contributed by atoms with Crippen LogP contribution in [0.1, 0.15) is 39.5 Å². The zero-order valence-electron chi connectivity index (χ0n) is 13.0. The molecule has 1 amide bonds. The lowest BCUT2D eigenvalue weighted by molar-refractivity contribution is -0.124. The fourth-order valence-electron chi connectivity index (χ4n) is 2.87. The Bertz CT molecular complexity index is 324. The predicted octanol–water partition coefficient (Wildman–Crippen LogP) is 0.400. The van der Waals surface area contributed by atoms with Crippen molar-refractivity contribution in [2.75, 3.05) is 39.3 Å². The average Bonchev–Trinajstić information content (AvgIpc) is 3.28. The largest absolute Gasteiger partial charge is 0.368 e. The van der Waals surface area contributed by atoms with E-state index >= 15 is 0 Å². The lowest BCUT2D eigenvalue weighted by Crippen LogP contribution is -2.56. The second kappa shape index (κ2) is 6.87. The lowest BCUT2D eigenvalue weighted by atomic mass is 9.96. The van der Waals surface area contributed by atoms with Gasteiger partial charge in [-0.05, 0) is 39.2 Å². The van der Waals surface area contributed by atoms with Crippen LogP contribution in [0.4, 0.5) is 0 Å². The number of rotatable bonds is 8. The monoisotopic (exact) mass is 282 g/mol. The maximum atomic E-state index is 11.7. The van der Waals surface area contributed by atoms with Gasteiger partial charge in [0, 0.05) is 38.8 Å². The van der Waals surface area contributed by atoms with Crippen LogP contribution in [-0.4, -0.2) is 66.6 Å². The minimum absolute atomic E-state index is 0.234. The number of primary amides is 1. The Hall–Kier alpha value is -0.650. The molecule has 1 unspecified atom stereocenters. The topological polar surface area (TPSA) is 61.6 Å². The van der Waals surface area contributed by atoms with E-state index in [1.54, 1.807) is 0 Å². The molecular formula is C15H30N4O. The summed E-state index contributed by atoms with van der Waals surface area (Å²) in [6.07, 6.45) is 4.59. The lowest BCUT2D eigenvalue weighted by Gasteiger charge is -2.37. The number of nitrogens with zero attached hydrogens (tertiary/aromatic N) is 2. The summed E-state index contributed by atoms with van der Waals surface area (Å²) in [5.41, 5.74) is 5.00. The molecule has 116 valence electrons. The van der Waals surface area contributed by atoms with Crippen molar-refractivity contribution < 1.29 is 4.79 Å². The van der Waals surface area contributed by atoms with Crippen LogP contribution in [0.25, 0.3) is 0 Å². The molecule has 0 radical (unpaired) electrons. The molecule has 20 heavy (non-hydrogen) atoms. The molecule has 3 N–H and O–H groups in total. The highest BCUT2D eigenvalue weighted by molar-refractivity contribution is 5.84. The van der Waals surface area contributed by atoms with Gasteiger partial charge in [0.15, 0.2) is 0 Å². The van der Waals surface area contributed by atoms with E-state index in [4.69, 9.17) is 5.73 Å². The summed E-state index contributed by atoms with van der Waals surface area (Å²) in [4.78, 5) is 16.8. The van der Waals surface area contributed by atoms with E-state index in [9.17, 15) is 4.79 Å². The van der Waals surface area contributed by atoms with E-state index in [0.717, 1.165) is 45.1 Å². The van der Waals surface area contributed by atoms with Gasteiger partial charge in [-0.15, -0.1) is 0 Å². The Morgan fingerprint density at radius 3 is 2.45 bits per heavy atom. The highest BCUT2D eigenvalue weighted by Crippen LogP contribution is 2.27. The van der Waals surface area contributed by atoms with Crippen molar-refractivity contribution in [3.05, 3.63) is 0 Å². The summed E-state index contributed by atoms with van der Waals surface area (Å²) in [6.45, 7) is 10.4. The van der Waals surface area contributed by atoms with Crippen molar-refractivity contribution in [2.45, 2.75) is 51.1 Å². The minimum atomic E-state index is -0.566. The highest BCUT2D eigenvalue weighted by Gasteiger charge is 2.33. The van der Waals surface area contributed by atoms with Gasteiger partial charge in [-0.2, -0.15) is 0 Å². The molecule has 0 aromatic carbocycles. The minimum Gasteiger partial charge on any atom is -0.368 e. The fourth-order valence-corrected chi connectivity index (χ4v) is 2.87. The Morgan fingerprint density at radius 2 is 1.95 bits per heavy atom. The van der Waals surface area contributed by atoms with Crippen LogP contribution < -0.4 is 11.1 Å². The molecule has 1 heterocycles. The maximum Gasteiger partial charge on any atom is 0.237 e. The fraction of sp³-hybridized carbons (Fsp3) is 0.933. The summed E-state index contributed by atoms with van der Waals surface area (Å²) >= 11 is 0. The SMILES string of the molecule is CCCNC(C)(CCN1CCN(C2CC2)CC1)C(N)=O. The van der Waals surface area contributed by atoms with Crippen LogP contribution in [-0.2, 0) is 4.79 Å². The van der Waals surface area contributed by atoms with E-state index in [-0.39, 0.29) is 5.91 Å². The normalized spacial score (nSPS) is 24.5. The number of hydrogen-bond acceptors (Lipinski definition) is 4. The molecule has 2 aliphatic rings. The van der Waals surface area contributed by atoms with E-state index in [2.05, 4.69) is 22.0 Å². The molecule has 1 saturated heterocycles. The molecule has 1 atom stereocenters. The van der Waals surface area contributed by atoms with E-state index in [0.29, 0.717) is 0 Å². The van der Waals surface area contributed by atoms with Gasteiger partial charge >= 0.3 is 0 Å². The average molecular weight is 282 g/mol. The summed E-state index contributed by atoms with van der Waals surface area (Å²) in [5.74, 6) is -0.234. The van der Waals surface area contributed by atoms with Crippen molar-refractivity contribution in [3.63, 3.8) is 0 Å². The number of carbonyl (C=O) groups excluding carboxylic acids is 1. The number of carbonyl (C=O) groups is 1.